The molecule has 29 heavy (non-hydrogen) atoms. The monoisotopic (exact) mass is 399 g/mol. The molecule has 1 amide bonds. The lowest BCUT2D eigenvalue weighted by Crippen LogP contribution is -2.53. The van der Waals surface area contributed by atoms with Crippen LogP contribution in [-0.4, -0.2) is 29.6 Å². The van der Waals surface area contributed by atoms with E-state index in [-0.39, 0.29) is 17.6 Å². The van der Waals surface area contributed by atoms with Crippen molar-refractivity contribution in [3.8, 4) is 5.75 Å². The number of benzene rings is 2. The summed E-state index contributed by atoms with van der Waals surface area (Å²) < 4.78 is 33.0. The van der Waals surface area contributed by atoms with E-state index in [9.17, 15) is 13.6 Å². The number of aromatic amines is 1. The van der Waals surface area contributed by atoms with Crippen molar-refractivity contribution in [2.24, 2.45) is 5.73 Å². The van der Waals surface area contributed by atoms with Crippen LogP contribution in [0.4, 0.5) is 8.78 Å². The minimum absolute atomic E-state index is 0.112. The second-order valence-electron chi connectivity index (χ2n) is 7.39. The SMILES string of the molecule is NC(=O)C1Oc2c(F)cccc2CC1NCCCCc1c[nH]c2ccc(F)cc12. The summed E-state index contributed by atoms with van der Waals surface area (Å²) in [6.45, 7) is 0.666. The summed E-state index contributed by atoms with van der Waals surface area (Å²) in [4.78, 5) is 14.9. The Bertz CT molecular complexity index is 1030. The zero-order chi connectivity index (χ0) is 20.4. The second kappa shape index (κ2) is 8.21. The van der Waals surface area contributed by atoms with Gasteiger partial charge >= 0.3 is 0 Å². The Morgan fingerprint density at radius 1 is 1.24 bits per heavy atom. The minimum Gasteiger partial charge on any atom is -0.476 e. The van der Waals surface area contributed by atoms with Gasteiger partial charge in [-0.1, -0.05) is 12.1 Å². The molecule has 0 spiro atoms. The van der Waals surface area contributed by atoms with Gasteiger partial charge in [-0.15, -0.1) is 0 Å². The van der Waals surface area contributed by atoms with E-state index in [0.717, 1.165) is 41.3 Å². The van der Waals surface area contributed by atoms with Gasteiger partial charge in [-0.05, 0) is 67.6 Å². The number of primary amides is 1. The molecule has 0 bridgehead atoms. The summed E-state index contributed by atoms with van der Waals surface area (Å²) in [5.74, 6) is -1.23. The van der Waals surface area contributed by atoms with Crippen LogP contribution in [0.3, 0.4) is 0 Å². The highest BCUT2D eigenvalue weighted by Gasteiger charge is 2.34. The van der Waals surface area contributed by atoms with Gasteiger partial charge < -0.3 is 20.8 Å². The Morgan fingerprint density at radius 2 is 2.10 bits per heavy atom. The average Bonchev–Trinajstić information content (AvgIpc) is 3.09. The van der Waals surface area contributed by atoms with Gasteiger partial charge in [0.15, 0.2) is 17.7 Å². The first kappa shape index (κ1) is 19.4. The molecular weight excluding hydrogens is 376 g/mol. The van der Waals surface area contributed by atoms with E-state index in [0.29, 0.717) is 13.0 Å². The number of carbonyl (C=O) groups is 1. The first-order valence-electron chi connectivity index (χ1n) is 9.75. The zero-order valence-electron chi connectivity index (χ0n) is 15.9. The van der Waals surface area contributed by atoms with E-state index >= 15 is 0 Å². The first-order valence-corrected chi connectivity index (χ1v) is 9.75. The summed E-state index contributed by atoms with van der Waals surface area (Å²) in [5.41, 5.74) is 8.20. The van der Waals surface area contributed by atoms with E-state index in [1.807, 2.05) is 6.20 Å². The highest BCUT2D eigenvalue weighted by Crippen LogP contribution is 2.30. The van der Waals surface area contributed by atoms with E-state index < -0.39 is 17.8 Å². The molecule has 1 aliphatic heterocycles. The lowest BCUT2D eigenvalue weighted by Gasteiger charge is -2.32. The second-order valence-corrected chi connectivity index (χ2v) is 7.39. The number of aryl methyl sites for hydroxylation is 1. The normalized spacial score (nSPS) is 18.4. The fourth-order valence-corrected chi connectivity index (χ4v) is 3.92. The number of aromatic nitrogens is 1. The Kier molecular flexibility index (Phi) is 5.49. The Hall–Kier alpha value is -2.93. The molecule has 2 atom stereocenters. The number of para-hydroxylation sites is 1. The summed E-state index contributed by atoms with van der Waals surface area (Å²) >= 11 is 0. The van der Waals surface area contributed by atoms with E-state index in [1.165, 1.54) is 12.1 Å². The topological polar surface area (TPSA) is 80.1 Å². The number of hydrogen-bond acceptors (Lipinski definition) is 3. The fourth-order valence-electron chi connectivity index (χ4n) is 3.92. The van der Waals surface area contributed by atoms with Crippen molar-refractivity contribution in [1.29, 1.82) is 0 Å². The van der Waals surface area contributed by atoms with E-state index in [1.54, 1.807) is 24.3 Å². The van der Waals surface area contributed by atoms with E-state index in [2.05, 4.69) is 10.3 Å². The molecule has 0 radical (unpaired) electrons. The number of halogens is 2. The lowest BCUT2D eigenvalue weighted by atomic mass is 9.96. The molecule has 4 N–H and O–H groups in total. The van der Waals surface area contributed by atoms with Gasteiger partial charge in [0.05, 0.1) is 6.04 Å². The Labute approximate surface area is 167 Å². The maximum Gasteiger partial charge on any atom is 0.260 e. The molecule has 7 heteroatoms. The molecule has 2 unspecified atom stereocenters. The van der Waals surface area contributed by atoms with Crippen molar-refractivity contribution >= 4 is 16.8 Å². The number of ether oxygens (including phenoxy) is 1. The number of rotatable bonds is 7. The Morgan fingerprint density at radius 3 is 2.93 bits per heavy atom. The minimum atomic E-state index is -0.906. The predicted octanol–water partition coefficient (Wildman–Crippen LogP) is 3.22. The number of fused-ring (bicyclic) bond motifs is 2. The quantitative estimate of drug-likeness (QED) is 0.534. The first-order chi connectivity index (χ1) is 14.0. The van der Waals surface area contributed by atoms with Crippen LogP contribution < -0.4 is 15.8 Å². The van der Waals surface area contributed by atoms with Crippen molar-refractivity contribution in [1.82, 2.24) is 10.3 Å². The number of nitrogens with two attached hydrogens (primary N) is 1. The van der Waals surface area contributed by atoms with Crippen LogP contribution in [0.15, 0.2) is 42.6 Å². The smallest absolute Gasteiger partial charge is 0.260 e. The molecule has 4 rings (SSSR count). The molecule has 0 saturated heterocycles. The summed E-state index contributed by atoms with van der Waals surface area (Å²) in [6.07, 6.45) is 4.07. The summed E-state index contributed by atoms with van der Waals surface area (Å²) in [5, 5.41) is 4.23. The van der Waals surface area contributed by atoms with Crippen molar-refractivity contribution < 1.29 is 18.3 Å². The van der Waals surface area contributed by atoms with E-state index in [4.69, 9.17) is 10.5 Å². The molecule has 5 nitrogen and oxygen atoms in total. The highest BCUT2D eigenvalue weighted by molar-refractivity contribution is 5.83. The number of amides is 1. The number of nitrogens with one attached hydrogen (secondary N) is 2. The van der Waals surface area contributed by atoms with Crippen molar-refractivity contribution in [2.75, 3.05) is 6.54 Å². The van der Waals surface area contributed by atoms with Crippen LogP contribution in [0.1, 0.15) is 24.0 Å². The molecule has 3 aromatic rings. The van der Waals surface area contributed by atoms with Crippen LogP contribution in [0.2, 0.25) is 0 Å². The molecule has 1 aromatic heterocycles. The molecular formula is C22H23F2N3O2. The van der Waals surface area contributed by atoms with Crippen LogP contribution in [-0.2, 0) is 17.6 Å². The summed E-state index contributed by atoms with van der Waals surface area (Å²) in [6, 6.07) is 9.16. The number of unbranched alkanes of at least 4 members (excludes halogenated alkanes) is 1. The van der Waals surface area contributed by atoms with Crippen LogP contribution in [0.5, 0.6) is 5.75 Å². The standard InChI is InChI=1S/C22H23F2N3O2/c23-15-7-8-18-16(11-15)14(12-27-18)4-1-2-9-26-19-10-13-5-3-6-17(24)20(13)29-21(19)22(25)28/h3,5-8,11-12,19,21,26-27H,1-2,4,9-10H2,(H2,25,28). The molecule has 2 heterocycles. The van der Waals surface area contributed by atoms with Gasteiger partial charge in [-0.25, -0.2) is 8.78 Å². The number of carbonyl (C=O) groups excluding carboxylic acids is 1. The predicted molar refractivity (Wildman–Crippen MR) is 107 cm³/mol. The molecule has 152 valence electrons. The van der Waals surface area contributed by atoms with Crippen molar-refractivity contribution in [2.45, 2.75) is 37.8 Å². The molecule has 1 aliphatic rings. The van der Waals surface area contributed by atoms with Gasteiger partial charge in [0.25, 0.3) is 5.91 Å². The van der Waals surface area contributed by atoms with Gasteiger partial charge in [0.2, 0.25) is 0 Å². The van der Waals surface area contributed by atoms with Gasteiger partial charge in [-0.3, -0.25) is 4.79 Å². The number of hydrogen-bond donors (Lipinski definition) is 3. The van der Waals surface area contributed by atoms with Gasteiger partial charge in [0, 0.05) is 17.1 Å². The third-order valence-corrected chi connectivity index (χ3v) is 5.39. The largest absolute Gasteiger partial charge is 0.476 e. The third-order valence-electron chi connectivity index (χ3n) is 5.39. The number of H-pyrrole nitrogens is 1. The fraction of sp³-hybridized carbons (Fsp3) is 0.318. The molecule has 2 aromatic carbocycles. The van der Waals surface area contributed by atoms with Gasteiger partial charge in [-0.2, -0.15) is 0 Å². The zero-order valence-corrected chi connectivity index (χ0v) is 15.9. The average molecular weight is 399 g/mol. The van der Waals surface area contributed by atoms with Crippen molar-refractivity contribution in [3.05, 3.63) is 65.4 Å². The van der Waals surface area contributed by atoms with Crippen molar-refractivity contribution in [3.63, 3.8) is 0 Å². The van der Waals surface area contributed by atoms with Crippen LogP contribution in [0, 0.1) is 11.6 Å². The highest BCUT2D eigenvalue weighted by atomic mass is 19.1. The molecule has 0 fully saturated rings. The van der Waals surface area contributed by atoms with Gasteiger partial charge in [0.1, 0.15) is 5.82 Å². The Balaban J connectivity index is 1.32. The third kappa shape index (κ3) is 4.10. The summed E-state index contributed by atoms with van der Waals surface area (Å²) in [7, 11) is 0. The molecule has 0 saturated carbocycles. The molecule has 0 aliphatic carbocycles. The maximum absolute atomic E-state index is 13.9. The lowest BCUT2D eigenvalue weighted by molar-refractivity contribution is -0.126. The van der Waals surface area contributed by atoms with Crippen LogP contribution in [0.25, 0.3) is 10.9 Å². The van der Waals surface area contributed by atoms with Crippen LogP contribution >= 0.6 is 0 Å². The maximum atomic E-state index is 13.9.